The van der Waals surface area contributed by atoms with Crippen molar-refractivity contribution in [2.24, 2.45) is 0 Å². The third-order valence-corrected chi connectivity index (χ3v) is 17.8. The third kappa shape index (κ3) is 41.0. The minimum absolute atomic E-state index is 0.165. The van der Waals surface area contributed by atoms with Crippen LogP contribution in [0.4, 0.5) is 0 Å². The molecule has 574 valence electrons. The first kappa shape index (κ1) is 90.6. The zero-order chi connectivity index (χ0) is 73.2. The lowest BCUT2D eigenvalue weighted by molar-refractivity contribution is -0.379. The molecule has 3 heterocycles. The SMILES string of the molecule is CC/C=C\C/C=C\C/C=C\C/C=C\C/C=C\C/C=C\C/C=C\C/C=C\C/C=C\C/C=C\CCCCC(=O)NC(COC1OC(CO)C(OC2OC(CO)C(OC3OC(CO)C(O)C(O)C3O)C(O)C2O)C(O)C1O)C(O)/C=C/CC/C=C/CC/C=C/CCCCCCCCCCCCCCC. The van der Waals surface area contributed by atoms with Crippen LogP contribution in [0.5, 0.6) is 0 Å². The summed E-state index contributed by atoms with van der Waals surface area (Å²) in [6.07, 6.45) is 62.2. The second-order valence-corrected chi connectivity index (χ2v) is 26.4. The van der Waals surface area contributed by atoms with Crippen molar-refractivity contribution in [1.82, 2.24) is 5.32 Å². The number of amides is 1. The van der Waals surface area contributed by atoms with Gasteiger partial charge in [-0.1, -0.05) is 249 Å². The Kier molecular flexibility index (Phi) is 54.4. The Balaban J connectivity index is 1.44. The number of unbranched alkanes of at least 4 members (excludes halogenated alkanes) is 17. The number of rotatable bonds is 57. The summed E-state index contributed by atoms with van der Waals surface area (Å²) in [5, 5.41) is 121. The van der Waals surface area contributed by atoms with Gasteiger partial charge in [0.25, 0.3) is 0 Å². The fourth-order valence-corrected chi connectivity index (χ4v) is 11.7. The number of carbonyl (C=O) groups excluding carboxylic acids is 1. The topological polar surface area (TPSA) is 307 Å². The first-order valence-corrected chi connectivity index (χ1v) is 38.2. The average Bonchev–Trinajstić information content (AvgIpc) is 0.783. The Morgan fingerprint density at radius 3 is 1.11 bits per heavy atom. The number of nitrogens with one attached hydrogen (secondary N) is 1. The molecule has 3 rings (SSSR count). The van der Waals surface area contributed by atoms with Crippen molar-refractivity contribution >= 4 is 5.91 Å². The predicted octanol–water partition coefficient (Wildman–Crippen LogP) is 12.1. The Labute approximate surface area is 605 Å². The molecule has 0 radical (unpaired) electrons. The largest absolute Gasteiger partial charge is 0.394 e. The fraction of sp³-hybridized carbons (Fsp3) is 0.671. The van der Waals surface area contributed by atoms with E-state index in [4.69, 9.17) is 28.4 Å². The Morgan fingerprint density at radius 1 is 0.366 bits per heavy atom. The van der Waals surface area contributed by atoms with Gasteiger partial charge in [0.15, 0.2) is 18.9 Å². The molecule has 19 nitrogen and oxygen atoms in total. The van der Waals surface area contributed by atoms with Gasteiger partial charge in [-0.15, -0.1) is 0 Å². The molecule has 1 amide bonds. The monoisotopic (exact) mass is 1420 g/mol. The molecule has 12 N–H and O–H groups in total. The van der Waals surface area contributed by atoms with Gasteiger partial charge in [-0.25, -0.2) is 0 Å². The van der Waals surface area contributed by atoms with E-state index in [2.05, 4.69) is 165 Å². The van der Waals surface area contributed by atoms with Crippen LogP contribution in [0.3, 0.4) is 0 Å². The van der Waals surface area contributed by atoms with Crippen LogP contribution in [-0.4, -0.2) is 193 Å². The summed E-state index contributed by atoms with van der Waals surface area (Å²) >= 11 is 0. The molecular weight excluding hydrogens is 1290 g/mol. The highest BCUT2D eigenvalue weighted by Gasteiger charge is 2.53. The van der Waals surface area contributed by atoms with Crippen LogP contribution < -0.4 is 5.32 Å². The molecular formula is C82H133NO18. The number of ether oxygens (including phenoxy) is 6. The van der Waals surface area contributed by atoms with Gasteiger partial charge in [0.1, 0.15) is 73.2 Å². The highest BCUT2D eigenvalue weighted by atomic mass is 16.8. The van der Waals surface area contributed by atoms with E-state index in [9.17, 15) is 61.0 Å². The summed E-state index contributed by atoms with van der Waals surface area (Å²) in [5.41, 5.74) is 0. The van der Waals surface area contributed by atoms with Crippen LogP contribution >= 0.6 is 0 Å². The van der Waals surface area contributed by atoms with Crippen LogP contribution in [-0.2, 0) is 33.2 Å². The third-order valence-electron chi connectivity index (χ3n) is 17.8. The maximum Gasteiger partial charge on any atom is 0.220 e. The molecule has 0 bridgehead atoms. The fourth-order valence-electron chi connectivity index (χ4n) is 11.7. The van der Waals surface area contributed by atoms with Gasteiger partial charge < -0.3 is 89.9 Å². The van der Waals surface area contributed by atoms with Crippen LogP contribution in [0.2, 0.25) is 0 Å². The first-order chi connectivity index (χ1) is 49.3. The molecule has 0 saturated carbocycles. The summed E-state index contributed by atoms with van der Waals surface area (Å²) in [7, 11) is 0. The van der Waals surface area contributed by atoms with Crippen molar-refractivity contribution < 1.29 is 89.4 Å². The Hall–Kier alpha value is -4.59. The molecule has 19 heteroatoms. The maximum absolute atomic E-state index is 13.4. The smallest absolute Gasteiger partial charge is 0.220 e. The van der Waals surface area contributed by atoms with Crippen molar-refractivity contribution in [3.05, 3.63) is 158 Å². The quantitative estimate of drug-likeness (QED) is 0.0199. The van der Waals surface area contributed by atoms with Crippen molar-refractivity contribution in [2.45, 2.75) is 324 Å². The molecule has 3 aliphatic heterocycles. The highest BCUT2D eigenvalue weighted by molar-refractivity contribution is 5.76. The number of hydrogen-bond acceptors (Lipinski definition) is 18. The zero-order valence-electron chi connectivity index (χ0n) is 61.1. The van der Waals surface area contributed by atoms with Crippen LogP contribution in [0.15, 0.2) is 158 Å². The summed E-state index contributed by atoms with van der Waals surface area (Å²) in [6.45, 7) is 1.55. The number of aliphatic hydroxyl groups is 11. The lowest BCUT2D eigenvalue weighted by Gasteiger charge is -2.48. The van der Waals surface area contributed by atoms with E-state index in [0.717, 1.165) is 103 Å². The van der Waals surface area contributed by atoms with E-state index in [1.54, 1.807) is 6.08 Å². The van der Waals surface area contributed by atoms with Gasteiger partial charge in [-0.2, -0.15) is 0 Å². The molecule has 0 aromatic rings. The van der Waals surface area contributed by atoms with Crippen molar-refractivity contribution in [2.75, 3.05) is 26.4 Å². The maximum atomic E-state index is 13.4. The summed E-state index contributed by atoms with van der Waals surface area (Å²) < 4.78 is 34.3. The first-order valence-electron chi connectivity index (χ1n) is 38.2. The van der Waals surface area contributed by atoms with Crippen LogP contribution in [0, 0.1) is 0 Å². The summed E-state index contributed by atoms with van der Waals surface area (Å²) in [4.78, 5) is 13.4. The zero-order valence-corrected chi connectivity index (χ0v) is 61.1. The van der Waals surface area contributed by atoms with E-state index in [1.807, 2.05) is 6.08 Å². The van der Waals surface area contributed by atoms with Crippen LogP contribution in [0.25, 0.3) is 0 Å². The van der Waals surface area contributed by atoms with Crippen molar-refractivity contribution in [3.63, 3.8) is 0 Å². The molecule has 17 unspecified atom stereocenters. The molecule has 3 saturated heterocycles. The molecule has 0 aliphatic carbocycles. The Bertz CT molecular complexity index is 2440. The van der Waals surface area contributed by atoms with Gasteiger partial charge in [0, 0.05) is 6.42 Å². The lowest BCUT2D eigenvalue weighted by Crippen LogP contribution is -2.66. The summed E-state index contributed by atoms with van der Waals surface area (Å²) in [6, 6.07) is -1.03. The van der Waals surface area contributed by atoms with Crippen LogP contribution in [0.1, 0.15) is 219 Å². The predicted molar refractivity (Wildman–Crippen MR) is 401 cm³/mol. The second-order valence-electron chi connectivity index (χ2n) is 26.4. The Morgan fingerprint density at radius 2 is 0.693 bits per heavy atom. The van der Waals surface area contributed by atoms with E-state index in [-0.39, 0.29) is 12.3 Å². The minimum Gasteiger partial charge on any atom is -0.394 e. The van der Waals surface area contributed by atoms with E-state index >= 15 is 0 Å². The molecule has 0 aromatic heterocycles. The van der Waals surface area contributed by atoms with Gasteiger partial charge in [-0.05, 0) is 122 Å². The van der Waals surface area contributed by atoms with E-state index < -0.39 is 131 Å². The van der Waals surface area contributed by atoms with Crippen molar-refractivity contribution in [3.8, 4) is 0 Å². The lowest BCUT2D eigenvalue weighted by atomic mass is 9.96. The number of aliphatic hydroxyl groups excluding tert-OH is 11. The molecule has 17 atom stereocenters. The second kappa shape index (κ2) is 60.7. The van der Waals surface area contributed by atoms with Crippen molar-refractivity contribution in [1.29, 1.82) is 0 Å². The highest BCUT2D eigenvalue weighted by Crippen LogP contribution is 2.33. The van der Waals surface area contributed by atoms with E-state index in [0.29, 0.717) is 12.8 Å². The van der Waals surface area contributed by atoms with Gasteiger partial charge in [0.05, 0.1) is 38.6 Å². The number of carbonyl (C=O) groups is 1. The molecule has 101 heavy (non-hydrogen) atoms. The van der Waals surface area contributed by atoms with Gasteiger partial charge in [-0.3, -0.25) is 4.79 Å². The molecule has 3 fully saturated rings. The number of hydrogen-bond donors (Lipinski definition) is 12. The molecule has 0 spiro atoms. The minimum atomic E-state index is -2.00. The molecule has 3 aliphatic rings. The van der Waals surface area contributed by atoms with Gasteiger partial charge >= 0.3 is 0 Å². The van der Waals surface area contributed by atoms with E-state index in [1.165, 1.54) is 83.5 Å². The normalized spacial score (nSPS) is 27.2. The summed E-state index contributed by atoms with van der Waals surface area (Å²) in [5.74, 6) is -0.338. The number of allylic oxidation sites excluding steroid dienone is 25. The average molecular weight is 1420 g/mol. The standard InChI is InChI=1S/C82H133NO18/c1-3-5-7-9-11-13-15-17-19-21-23-25-27-28-29-30-31-32-33-34-35-36-38-40-42-44-46-48-50-52-54-56-58-60-70(88)83-65(66(87)59-57-55-53-51-49-47-45-43-41-39-37-26-24-22-20-18-16-14-12-10-8-6-4-2)64-96-80-76(94)73(91)78(68(62-85)98-80)101-82-77(95)74(92)79(69(63-86)99-82)100-81-75(93)72(90)71(89)67(61-84)97-81/h5,7,11,13,17,19,23,25,28-29,31-32,34-35,38,40-41,43-44,46,49-52,57,59,65-69,71-82,84-87,89-95H,3-4,6,8-10,12,14-16,18,20-22,24,26-27,30,33,36-37,39,42,45,47-48,53-56,58,60-64H2,1-2H3,(H,83,88)/b7-5-,13-11-,19-17-,25-23-,29-28-,32-31-,35-34-,40-38-,43-41+,46-44-,51-49+,52-50-,59-57+. The van der Waals surface area contributed by atoms with Gasteiger partial charge in [0.2, 0.25) is 5.91 Å². The molecule has 0 aromatic carbocycles.